The van der Waals surface area contributed by atoms with Crippen molar-refractivity contribution >= 4 is 28.8 Å². The molecule has 0 spiro atoms. The van der Waals surface area contributed by atoms with Gasteiger partial charge in [-0.2, -0.15) is 4.98 Å². The zero-order chi connectivity index (χ0) is 19.3. The van der Waals surface area contributed by atoms with Gasteiger partial charge in [-0.25, -0.2) is 4.98 Å². The van der Waals surface area contributed by atoms with Crippen LogP contribution in [0.15, 0.2) is 28.7 Å². The highest BCUT2D eigenvalue weighted by Crippen LogP contribution is 2.35. The number of aromatic hydroxyl groups is 1. The molecule has 2 fully saturated rings. The molecule has 1 aromatic carbocycles. The number of nitrogens with zero attached hydrogens (tertiary/aromatic N) is 3. The van der Waals surface area contributed by atoms with E-state index in [1.807, 2.05) is 25.1 Å². The highest BCUT2D eigenvalue weighted by atomic mass is 35.5. The Bertz CT molecular complexity index is 1010. The van der Waals surface area contributed by atoms with Crippen molar-refractivity contribution in [1.29, 1.82) is 0 Å². The van der Waals surface area contributed by atoms with Gasteiger partial charge in [0.25, 0.3) is 6.01 Å². The zero-order valence-corrected chi connectivity index (χ0v) is 16.5. The average Bonchev–Trinajstić information content (AvgIpc) is 3.27. The molecule has 0 aliphatic carbocycles. The van der Waals surface area contributed by atoms with Crippen LogP contribution < -0.4 is 5.32 Å². The molecular formula is C21H23ClN4O2. The van der Waals surface area contributed by atoms with E-state index in [0.717, 1.165) is 12.0 Å². The monoisotopic (exact) mass is 398 g/mol. The zero-order valence-electron chi connectivity index (χ0n) is 15.8. The Kier molecular flexibility index (Phi) is 4.40. The maximum atomic E-state index is 10.3. The number of pyridine rings is 1. The fourth-order valence-electron chi connectivity index (χ4n) is 4.70. The normalized spacial score (nSPS) is 22.5. The maximum Gasteiger partial charge on any atom is 0.297 e. The summed E-state index contributed by atoms with van der Waals surface area (Å²) in [6.07, 6.45) is 4.84. The van der Waals surface area contributed by atoms with Crippen molar-refractivity contribution in [3.63, 3.8) is 0 Å². The van der Waals surface area contributed by atoms with E-state index in [-0.39, 0.29) is 5.75 Å². The number of halogens is 1. The summed E-state index contributed by atoms with van der Waals surface area (Å²) in [7, 11) is 0. The summed E-state index contributed by atoms with van der Waals surface area (Å²) in [5.74, 6) is 0.113. The molecule has 7 heteroatoms. The first kappa shape index (κ1) is 17.8. The number of phenolic OH excluding ortho intramolecular Hbond substituents is 1. The minimum Gasteiger partial charge on any atom is -0.507 e. The fraction of sp³-hybridized carbons (Fsp3) is 0.429. The molecule has 2 saturated heterocycles. The molecule has 0 radical (unpaired) electrons. The summed E-state index contributed by atoms with van der Waals surface area (Å²) < 4.78 is 5.90. The average molecular weight is 399 g/mol. The molecule has 28 heavy (non-hydrogen) atoms. The Morgan fingerprint density at radius 1 is 1.18 bits per heavy atom. The van der Waals surface area contributed by atoms with Crippen LogP contribution in [0.3, 0.4) is 0 Å². The van der Waals surface area contributed by atoms with Crippen molar-refractivity contribution in [3.8, 4) is 17.0 Å². The first-order chi connectivity index (χ1) is 13.6. The lowest BCUT2D eigenvalue weighted by atomic mass is 9.97. The minimum atomic E-state index is 0.113. The number of aryl methyl sites for hydroxylation is 1. The molecule has 6 nitrogen and oxygen atoms in total. The van der Waals surface area contributed by atoms with Crippen molar-refractivity contribution in [2.24, 2.45) is 0 Å². The Hall–Kier alpha value is -2.31. The van der Waals surface area contributed by atoms with E-state index in [2.05, 4.69) is 20.2 Å². The molecule has 2 aromatic heterocycles. The number of aromatic nitrogens is 2. The van der Waals surface area contributed by atoms with Crippen LogP contribution >= 0.6 is 11.6 Å². The van der Waals surface area contributed by atoms with Gasteiger partial charge in [-0.05, 0) is 75.5 Å². The maximum absolute atomic E-state index is 10.3. The molecule has 2 unspecified atom stereocenters. The molecule has 2 aliphatic rings. The number of oxazole rings is 1. The van der Waals surface area contributed by atoms with Crippen LogP contribution in [0.2, 0.25) is 5.02 Å². The number of rotatable bonds is 3. The quantitative estimate of drug-likeness (QED) is 0.671. The van der Waals surface area contributed by atoms with E-state index in [1.165, 1.54) is 38.4 Å². The topological polar surface area (TPSA) is 74.4 Å². The van der Waals surface area contributed by atoms with Crippen LogP contribution in [0.5, 0.6) is 5.75 Å². The van der Waals surface area contributed by atoms with E-state index >= 15 is 0 Å². The van der Waals surface area contributed by atoms with Gasteiger partial charge in [0.15, 0.2) is 5.58 Å². The number of phenols is 1. The van der Waals surface area contributed by atoms with E-state index in [4.69, 9.17) is 16.0 Å². The highest BCUT2D eigenvalue weighted by molar-refractivity contribution is 6.31. The van der Waals surface area contributed by atoms with Gasteiger partial charge in [-0.3, -0.25) is 4.90 Å². The summed E-state index contributed by atoms with van der Waals surface area (Å²) >= 11 is 6.02. The fourth-order valence-corrected chi connectivity index (χ4v) is 4.96. The lowest BCUT2D eigenvalue weighted by Gasteiger charge is -2.36. The van der Waals surface area contributed by atoms with Crippen LogP contribution in [0.4, 0.5) is 6.01 Å². The van der Waals surface area contributed by atoms with Gasteiger partial charge >= 0.3 is 0 Å². The number of anilines is 1. The predicted octanol–water partition coefficient (Wildman–Crippen LogP) is 4.60. The number of fused-ring (bicyclic) bond motifs is 2. The molecule has 3 aromatic rings. The summed E-state index contributed by atoms with van der Waals surface area (Å²) in [5.41, 5.74) is 3.35. The third kappa shape index (κ3) is 3.10. The van der Waals surface area contributed by atoms with E-state index in [9.17, 15) is 5.11 Å². The van der Waals surface area contributed by atoms with E-state index in [1.54, 1.807) is 0 Å². The number of benzene rings is 1. The Morgan fingerprint density at radius 2 is 2.00 bits per heavy atom. The van der Waals surface area contributed by atoms with Crippen molar-refractivity contribution in [2.45, 2.75) is 44.7 Å². The van der Waals surface area contributed by atoms with Gasteiger partial charge in [0, 0.05) is 22.7 Å². The van der Waals surface area contributed by atoms with Crippen LogP contribution in [0, 0.1) is 6.92 Å². The van der Waals surface area contributed by atoms with Crippen molar-refractivity contribution in [1.82, 2.24) is 14.9 Å². The minimum absolute atomic E-state index is 0.113. The van der Waals surface area contributed by atoms with Crippen LogP contribution in [0.1, 0.15) is 31.2 Å². The Balaban J connectivity index is 1.44. The van der Waals surface area contributed by atoms with Gasteiger partial charge in [0.2, 0.25) is 5.65 Å². The van der Waals surface area contributed by atoms with E-state index in [0.29, 0.717) is 45.6 Å². The molecule has 0 bridgehead atoms. The number of hydrogen-bond acceptors (Lipinski definition) is 6. The summed E-state index contributed by atoms with van der Waals surface area (Å²) in [4.78, 5) is 11.8. The van der Waals surface area contributed by atoms with Crippen LogP contribution in [0.25, 0.3) is 22.5 Å². The summed E-state index contributed by atoms with van der Waals surface area (Å²) in [5, 5.41) is 14.3. The summed E-state index contributed by atoms with van der Waals surface area (Å²) in [6.45, 7) is 4.30. The lowest BCUT2D eigenvalue weighted by molar-refractivity contribution is 0.181. The molecule has 2 N–H and O–H groups in total. The van der Waals surface area contributed by atoms with Gasteiger partial charge in [-0.1, -0.05) is 11.6 Å². The van der Waals surface area contributed by atoms with Crippen molar-refractivity contribution in [2.75, 3.05) is 18.4 Å². The van der Waals surface area contributed by atoms with Gasteiger partial charge in [0.05, 0.1) is 5.69 Å². The molecule has 146 valence electrons. The number of hydrogen-bond donors (Lipinski definition) is 2. The number of piperidine rings is 1. The summed E-state index contributed by atoms with van der Waals surface area (Å²) in [6, 6.07) is 8.50. The van der Waals surface area contributed by atoms with Gasteiger partial charge < -0.3 is 14.8 Å². The first-order valence-corrected chi connectivity index (χ1v) is 10.2. The van der Waals surface area contributed by atoms with Crippen LogP contribution in [-0.2, 0) is 0 Å². The second-order valence-electron chi connectivity index (χ2n) is 7.79. The molecule has 0 amide bonds. The van der Waals surface area contributed by atoms with Crippen LogP contribution in [-0.4, -0.2) is 45.1 Å². The Labute approximate surface area is 168 Å². The van der Waals surface area contributed by atoms with E-state index < -0.39 is 0 Å². The lowest BCUT2D eigenvalue weighted by Crippen LogP contribution is -2.47. The predicted molar refractivity (Wildman–Crippen MR) is 110 cm³/mol. The highest BCUT2D eigenvalue weighted by Gasteiger charge is 2.35. The molecule has 5 rings (SSSR count). The molecule has 2 atom stereocenters. The number of nitrogens with one attached hydrogen (secondary N) is 1. The first-order valence-electron chi connectivity index (χ1n) is 9.86. The smallest absolute Gasteiger partial charge is 0.297 e. The third-order valence-corrected chi connectivity index (χ3v) is 6.16. The van der Waals surface area contributed by atoms with Gasteiger partial charge in [0.1, 0.15) is 5.75 Å². The molecule has 2 aliphatic heterocycles. The van der Waals surface area contributed by atoms with Crippen molar-refractivity contribution < 1.29 is 9.52 Å². The van der Waals surface area contributed by atoms with Gasteiger partial charge in [-0.15, -0.1) is 0 Å². The third-order valence-electron chi connectivity index (χ3n) is 5.94. The molecule has 0 saturated carbocycles. The van der Waals surface area contributed by atoms with Crippen molar-refractivity contribution in [3.05, 3.63) is 34.9 Å². The SMILES string of the molecule is Cc1cc(Cl)cc(O)c1-c1ccc2oc(NC3CCCN4CCCC34)nc2n1. The molecular weight excluding hydrogens is 376 g/mol. The second kappa shape index (κ2) is 6.94. The standard InChI is InChI=1S/C21H23ClN4O2/c1-12-10-13(22)11-17(27)19(12)15-6-7-18-20(23-15)25-21(28-18)24-14-4-2-8-26-9-3-5-16(14)26/h6-7,10-11,14,16,27H,2-5,8-9H2,1H3,(H,23,24,25). The second-order valence-corrected chi connectivity index (χ2v) is 8.23. The largest absolute Gasteiger partial charge is 0.507 e. The Morgan fingerprint density at radius 3 is 2.82 bits per heavy atom. The molecule has 4 heterocycles.